The van der Waals surface area contributed by atoms with Crippen molar-refractivity contribution in [3.8, 4) is 0 Å². The summed E-state index contributed by atoms with van der Waals surface area (Å²) in [5.74, 6) is -5.42. The number of piperazine rings is 1. The van der Waals surface area contributed by atoms with Crippen molar-refractivity contribution >= 4 is 40.2 Å². The van der Waals surface area contributed by atoms with Gasteiger partial charge in [0.2, 0.25) is 5.95 Å². The number of carbonyl (C=O) groups is 2. The van der Waals surface area contributed by atoms with Crippen molar-refractivity contribution < 1.29 is 23.5 Å². The molecule has 0 spiro atoms. The van der Waals surface area contributed by atoms with Gasteiger partial charge < -0.3 is 15.3 Å². The number of carboxylic acids is 1. The van der Waals surface area contributed by atoms with E-state index in [0.29, 0.717) is 48.6 Å². The molecule has 1 saturated carbocycles. The van der Waals surface area contributed by atoms with Crippen LogP contribution in [0.15, 0.2) is 29.3 Å². The Balaban J connectivity index is 1.33. The van der Waals surface area contributed by atoms with Crippen LogP contribution in [0.25, 0.3) is 11.0 Å². The Labute approximate surface area is 228 Å². The molecule has 3 aromatic heterocycles. The van der Waals surface area contributed by atoms with Crippen LogP contribution in [0.1, 0.15) is 54.6 Å². The number of hydrogen-bond donors (Lipinski definition) is 2. The number of pyridine rings is 2. The number of aryl methyl sites for hydroxylation is 1. The number of aromatic nitrogens is 4. The number of nitrogens with one attached hydrogen (secondary N) is 1. The van der Waals surface area contributed by atoms with Gasteiger partial charge in [-0.25, -0.2) is 14.8 Å². The van der Waals surface area contributed by atoms with Crippen LogP contribution in [0.5, 0.6) is 0 Å². The van der Waals surface area contributed by atoms with Crippen molar-refractivity contribution in [2.75, 3.05) is 42.9 Å². The zero-order chi connectivity index (χ0) is 28.6. The summed E-state index contributed by atoms with van der Waals surface area (Å²) in [4.78, 5) is 53.4. The predicted molar refractivity (Wildman–Crippen MR) is 145 cm³/mol. The van der Waals surface area contributed by atoms with Crippen LogP contribution in [0.4, 0.5) is 26.2 Å². The molecule has 1 aliphatic heterocycles. The van der Waals surface area contributed by atoms with Gasteiger partial charge in [0.1, 0.15) is 11.5 Å². The Morgan fingerprint density at radius 3 is 2.40 bits per heavy atom. The van der Waals surface area contributed by atoms with Gasteiger partial charge in [-0.15, -0.1) is 0 Å². The second-order valence-corrected chi connectivity index (χ2v) is 10.4. The maximum atomic E-state index is 13.5. The van der Waals surface area contributed by atoms with Crippen molar-refractivity contribution in [2.24, 2.45) is 0 Å². The van der Waals surface area contributed by atoms with Gasteiger partial charge in [0, 0.05) is 43.8 Å². The molecule has 11 nitrogen and oxygen atoms in total. The second-order valence-electron chi connectivity index (χ2n) is 10.4. The van der Waals surface area contributed by atoms with Crippen molar-refractivity contribution in [2.45, 2.75) is 51.5 Å². The number of fused-ring (bicyclic) bond motifs is 1. The summed E-state index contributed by atoms with van der Waals surface area (Å²) in [6, 6.07) is 3.57. The summed E-state index contributed by atoms with van der Waals surface area (Å²) in [5.41, 5.74) is 1.72. The molecule has 0 amide bonds. The number of nitrogens with zero attached hydrogens (tertiary/aromatic N) is 6. The van der Waals surface area contributed by atoms with E-state index in [1.54, 1.807) is 30.0 Å². The van der Waals surface area contributed by atoms with E-state index in [1.807, 2.05) is 11.0 Å². The van der Waals surface area contributed by atoms with Crippen molar-refractivity contribution in [3.63, 3.8) is 0 Å². The first-order chi connectivity index (χ1) is 19.0. The minimum absolute atomic E-state index is 0.0234. The molecular formula is C27H31F2N7O4. The van der Waals surface area contributed by atoms with Gasteiger partial charge in [0.25, 0.3) is 5.56 Å². The molecule has 5 rings (SSSR count). The van der Waals surface area contributed by atoms with Crippen LogP contribution < -0.4 is 15.8 Å². The lowest BCUT2D eigenvalue weighted by Gasteiger charge is -2.36. The zero-order valence-corrected chi connectivity index (χ0v) is 22.4. The van der Waals surface area contributed by atoms with Gasteiger partial charge >= 0.3 is 11.9 Å². The van der Waals surface area contributed by atoms with Crippen molar-refractivity contribution in [1.29, 1.82) is 0 Å². The van der Waals surface area contributed by atoms with Crippen LogP contribution in [0, 0.1) is 6.92 Å². The average molecular weight is 556 g/mol. The van der Waals surface area contributed by atoms with E-state index < -0.39 is 18.4 Å². The van der Waals surface area contributed by atoms with E-state index in [1.165, 1.54) is 11.8 Å². The van der Waals surface area contributed by atoms with Crippen LogP contribution in [-0.2, 0) is 4.79 Å². The molecule has 2 fully saturated rings. The summed E-state index contributed by atoms with van der Waals surface area (Å²) in [6.45, 7) is 3.86. The van der Waals surface area contributed by atoms with E-state index in [0.717, 1.165) is 31.4 Å². The topological polar surface area (TPSA) is 134 Å². The van der Waals surface area contributed by atoms with Crippen LogP contribution in [0.2, 0.25) is 0 Å². The largest absolute Gasteiger partial charge is 0.477 e. The minimum Gasteiger partial charge on any atom is -0.477 e. The summed E-state index contributed by atoms with van der Waals surface area (Å²) in [5, 5.41) is 12.4. The highest BCUT2D eigenvalue weighted by Gasteiger charge is 2.41. The molecule has 2 aliphatic rings. The molecule has 40 heavy (non-hydrogen) atoms. The van der Waals surface area contributed by atoms with Crippen LogP contribution in [0.3, 0.4) is 0 Å². The lowest BCUT2D eigenvalue weighted by molar-refractivity contribution is -0.167. The summed E-state index contributed by atoms with van der Waals surface area (Å²) >= 11 is 0. The van der Waals surface area contributed by atoms with E-state index >= 15 is 0 Å². The highest BCUT2D eigenvalue weighted by atomic mass is 19.3. The SMILES string of the molecule is CC(=O)c1c(C)c2cnc(Nc3ccc(N4CCN(CC(F)(F)C(=O)O)CC4)cn3)nc2n(C2CCCC2)c1=O. The molecule has 0 unspecified atom stereocenters. The van der Waals surface area contributed by atoms with Gasteiger partial charge in [0.05, 0.1) is 24.0 Å². The normalized spacial score (nSPS) is 16.9. The minimum atomic E-state index is -3.78. The molecule has 212 valence electrons. The smallest absolute Gasteiger partial charge is 0.375 e. The molecule has 13 heteroatoms. The molecular weight excluding hydrogens is 524 g/mol. The number of aliphatic carboxylic acids is 1. The van der Waals surface area contributed by atoms with Gasteiger partial charge in [-0.2, -0.15) is 13.8 Å². The maximum Gasteiger partial charge on any atom is 0.375 e. The number of halogens is 2. The number of carboxylic acid groups (broad SMARTS) is 1. The molecule has 1 saturated heterocycles. The van der Waals surface area contributed by atoms with Gasteiger partial charge in [-0.05, 0) is 44.4 Å². The van der Waals surface area contributed by atoms with E-state index in [2.05, 4.69) is 20.3 Å². The number of Topliss-reactive ketones (excluding diaryl/α,β-unsaturated/α-hetero) is 1. The summed E-state index contributed by atoms with van der Waals surface area (Å²) in [7, 11) is 0. The third kappa shape index (κ3) is 5.37. The Morgan fingerprint density at radius 1 is 1.10 bits per heavy atom. The first kappa shape index (κ1) is 27.6. The van der Waals surface area contributed by atoms with Gasteiger partial charge in [-0.1, -0.05) is 12.8 Å². The summed E-state index contributed by atoms with van der Waals surface area (Å²) < 4.78 is 28.7. The number of carbonyl (C=O) groups excluding carboxylic acids is 1. The van der Waals surface area contributed by atoms with Crippen LogP contribution >= 0.6 is 0 Å². The van der Waals surface area contributed by atoms with E-state index in [4.69, 9.17) is 5.11 Å². The molecule has 0 radical (unpaired) electrons. The molecule has 0 aromatic carbocycles. The highest BCUT2D eigenvalue weighted by Crippen LogP contribution is 2.32. The molecule has 4 heterocycles. The summed E-state index contributed by atoms with van der Waals surface area (Å²) in [6.07, 6.45) is 7.00. The number of ketones is 1. The van der Waals surface area contributed by atoms with E-state index in [9.17, 15) is 23.2 Å². The monoisotopic (exact) mass is 555 g/mol. The van der Waals surface area contributed by atoms with E-state index in [-0.39, 0.29) is 28.9 Å². The van der Waals surface area contributed by atoms with Gasteiger partial charge in [0.15, 0.2) is 5.78 Å². The number of alkyl halides is 2. The Kier molecular flexibility index (Phi) is 7.49. The Hall–Kier alpha value is -4.00. The van der Waals surface area contributed by atoms with Crippen molar-refractivity contribution in [1.82, 2.24) is 24.4 Å². The quantitative estimate of drug-likeness (QED) is 0.399. The molecule has 0 bridgehead atoms. The molecule has 2 N–H and O–H groups in total. The first-order valence-corrected chi connectivity index (χ1v) is 13.3. The fraction of sp³-hybridized carbons (Fsp3) is 0.481. The third-order valence-corrected chi connectivity index (χ3v) is 7.71. The standard InChI is InChI=1S/C27H31F2N7O4/c1-16-20-14-31-26(33-23(20)36(18-5-3-4-6-18)24(38)22(16)17(2)37)32-21-8-7-19(13-30-21)35-11-9-34(10-12-35)15-27(28,29)25(39)40/h7-8,13-14,18H,3-6,9-12,15H2,1-2H3,(H,39,40)(H,30,31,32,33). The van der Waals surface area contributed by atoms with Crippen LogP contribution in [-0.4, -0.2) is 79.9 Å². The fourth-order valence-corrected chi connectivity index (χ4v) is 5.58. The number of rotatable bonds is 8. The molecule has 3 aromatic rings. The third-order valence-electron chi connectivity index (χ3n) is 7.71. The van der Waals surface area contributed by atoms with Crippen molar-refractivity contribution in [3.05, 3.63) is 46.0 Å². The molecule has 1 aliphatic carbocycles. The number of anilines is 3. The predicted octanol–water partition coefficient (Wildman–Crippen LogP) is 3.40. The lowest BCUT2D eigenvalue weighted by Crippen LogP contribution is -2.51. The molecule has 0 atom stereocenters. The Morgan fingerprint density at radius 2 is 1.80 bits per heavy atom. The number of hydrogen-bond acceptors (Lipinski definition) is 9. The fourth-order valence-electron chi connectivity index (χ4n) is 5.58. The first-order valence-electron chi connectivity index (χ1n) is 13.3. The second kappa shape index (κ2) is 10.9. The average Bonchev–Trinajstić information content (AvgIpc) is 3.44. The van der Waals surface area contributed by atoms with Gasteiger partial charge in [-0.3, -0.25) is 19.1 Å². The highest BCUT2D eigenvalue weighted by molar-refractivity contribution is 5.99. The Bertz CT molecular complexity index is 1500. The lowest BCUT2D eigenvalue weighted by atomic mass is 10.0. The zero-order valence-electron chi connectivity index (χ0n) is 22.4. The maximum absolute atomic E-state index is 13.5.